The number of hydrogen-bond donors (Lipinski definition) is 1. The summed E-state index contributed by atoms with van der Waals surface area (Å²) in [6.07, 6.45) is 0. The average Bonchev–Trinajstić information content (AvgIpc) is 2.47. The van der Waals surface area contributed by atoms with Gasteiger partial charge in [-0.1, -0.05) is 17.3 Å². The van der Waals surface area contributed by atoms with Crippen molar-refractivity contribution < 1.29 is 5.11 Å². The summed E-state index contributed by atoms with van der Waals surface area (Å²) < 4.78 is 1.72. The molecule has 0 aliphatic carbocycles. The van der Waals surface area contributed by atoms with E-state index in [4.69, 9.17) is 0 Å². The highest BCUT2D eigenvalue weighted by atomic mass is 16.3. The number of fused-ring (bicyclic) bond motifs is 1. The second kappa shape index (κ2) is 3.06. The molecule has 0 aliphatic heterocycles. The fourth-order valence-electron chi connectivity index (χ4n) is 1.40. The van der Waals surface area contributed by atoms with Crippen molar-refractivity contribution in [1.82, 2.24) is 15.0 Å². The van der Waals surface area contributed by atoms with Crippen molar-refractivity contribution in [2.75, 3.05) is 0 Å². The van der Waals surface area contributed by atoms with Crippen LogP contribution >= 0.6 is 0 Å². The van der Waals surface area contributed by atoms with Crippen LogP contribution in [0.25, 0.3) is 11.0 Å². The van der Waals surface area contributed by atoms with E-state index in [0.29, 0.717) is 6.54 Å². The van der Waals surface area contributed by atoms with E-state index in [-0.39, 0.29) is 0 Å². The van der Waals surface area contributed by atoms with Crippen molar-refractivity contribution in [3.8, 4) is 0 Å². The molecule has 0 saturated carbocycles. The normalized spacial score (nSPS) is 12.2. The minimum atomic E-state index is -0.767. The first-order valence-corrected chi connectivity index (χ1v) is 4.57. The summed E-state index contributed by atoms with van der Waals surface area (Å²) in [6.45, 7) is 3.96. The second-order valence-electron chi connectivity index (χ2n) is 4.05. The molecular formula is C10H13N3O. The Labute approximate surface area is 82.2 Å². The highest BCUT2D eigenvalue weighted by Crippen LogP contribution is 2.13. The van der Waals surface area contributed by atoms with Gasteiger partial charge in [-0.25, -0.2) is 4.68 Å². The van der Waals surface area contributed by atoms with E-state index in [9.17, 15) is 5.11 Å². The van der Waals surface area contributed by atoms with Crippen LogP contribution in [0.15, 0.2) is 24.3 Å². The van der Waals surface area contributed by atoms with Crippen molar-refractivity contribution in [3.05, 3.63) is 24.3 Å². The molecule has 0 radical (unpaired) electrons. The molecule has 0 bridgehead atoms. The highest BCUT2D eigenvalue weighted by molar-refractivity contribution is 5.73. The molecule has 14 heavy (non-hydrogen) atoms. The molecule has 0 unspecified atom stereocenters. The van der Waals surface area contributed by atoms with Gasteiger partial charge in [0.1, 0.15) is 5.52 Å². The molecule has 1 heterocycles. The lowest BCUT2D eigenvalue weighted by atomic mass is 10.1. The third kappa shape index (κ3) is 1.75. The predicted octanol–water partition coefficient (Wildman–Crippen LogP) is 1.20. The number of hydrogen-bond acceptors (Lipinski definition) is 3. The Morgan fingerprint density at radius 3 is 2.79 bits per heavy atom. The summed E-state index contributed by atoms with van der Waals surface area (Å²) in [5.74, 6) is 0. The van der Waals surface area contributed by atoms with Gasteiger partial charge in [-0.05, 0) is 26.0 Å². The first-order valence-electron chi connectivity index (χ1n) is 4.57. The van der Waals surface area contributed by atoms with Crippen LogP contribution in [0.2, 0.25) is 0 Å². The van der Waals surface area contributed by atoms with Gasteiger partial charge in [0.2, 0.25) is 0 Å². The number of rotatable bonds is 2. The molecule has 74 valence electrons. The monoisotopic (exact) mass is 191 g/mol. The molecule has 0 aliphatic rings. The lowest BCUT2D eigenvalue weighted by molar-refractivity contribution is 0.0585. The lowest BCUT2D eigenvalue weighted by Crippen LogP contribution is -2.26. The molecule has 1 aromatic carbocycles. The fraction of sp³-hybridized carbons (Fsp3) is 0.400. The van der Waals surface area contributed by atoms with Gasteiger partial charge < -0.3 is 5.11 Å². The molecule has 0 amide bonds. The van der Waals surface area contributed by atoms with E-state index < -0.39 is 5.60 Å². The molecule has 2 aromatic rings. The molecular weight excluding hydrogens is 178 g/mol. The van der Waals surface area contributed by atoms with Gasteiger partial charge in [-0.15, -0.1) is 5.10 Å². The summed E-state index contributed by atoms with van der Waals surface area (Å²) in [5.41, 5.74) is 1.04. The van der Waals surface area contributed by atoms with E-state index in [1.54, 1.807) is 18.5 Å². The van der Waals surface area contributed by atoms with Crippen LogP contribution in [0, 0.1) is 0 Å². The fourth-order valence-corrected chi connectivity index (χ4v) is 1.40. The second-order valence-corrected chi connectivity index (χ2v) is 4.05. The number of aliphatic hydroxyl groups is 1. The standard InChI is InChI=1S/C10H13N3O/c1-10(2,14)7-13-9-6-4-3-5-8(9)11-12-13/h3-6,14H,7H2,1-2H3. The zero-order valence-electron chi connectivity index (χ0n) is 8.31. The van der Waals surface area contributed by atoms with Gasteiger partial charge >= 0.3 is 0 Å². The average molecular weight is 191 g/mol. The van der Waals surface area contributed by atoms with Crippen LogP contribution in [-0.4, -0.2) is 25.7 Å². The Kier molecular flexibility index (Phi) is 2.00. The summed E-state index contributed by atoms with van der Waals surface area (Å²) in [6, 6.07) is 7.71. The highest BCUT2D eigenvalue weighted by Gasteiger charge is 2.15. The zero-order valence-corrected chi connectivity index (χ0v) is 8.31. The SMILES string of the molecule is CC(C)(O)Cn1nnc2ccccc21. The number of benzene rings is 1. The third-order valence-corrected chi connectivity index (χ3v) is 1.96. The molecule has 4 nitrogen and oxygen atoms in total. The van der Waals surface area contributed by atoms with Crippen molar-refractivity contribution >= 4 is 11.0 Å². The Morgan fingerprint density at radius 2 is 2.07 bits per heavy atom. The summed E-state index contributed by atoms with van der Waals surface area (Å²) in [5, 5.41) is 17.7. The number of nitrogens with zero attached hydrogens (tertiary/aromatic N) is 3. The molecule has 0 atom stereocenters. The smallest absolute Gasteiger partial charge is 0.113 e. The maximum absolute atomic E-state index is 9.66. The van der Waals surface area contributed by atoms with E-state index in [0.717, 1.165) is 11.0 Å². The van der Waals surface area contributed by atoms with Crippen LogP contribution in [-0.2, 0) is 6.54 Å². The van der Waals surface area contributed by atoms with E-state index >= 15 is 0 Å². The Bertz CT molecular complexity index is 442. The van der Waals surface area contributed by atoms with Gasteiger partial charge in [0.25, 0.3) is 0 Å². The number of aromatic nitrogens is 3. The van der Waals surface area contributed by atoms with Crippen LogP contribution in [0.5, 0.6) is 0 Å². The molecule has 4 heteroatoms. The Balaban J connectivity index is 2.44. The van der Waals surface area contributed by atoms with Crippen LogP contribution in [0.1, 0.15) is 13.8 Å². The van der Waals surface area contributed by atoms with Crippen molar-refractivity contribution in [2.24, 2.45) is 0 Å². The first kappa shape index (κ1) is 9.15. The van der Waals surface area contributed by atoms with Crippen LogP contribution in [0.4, 0.5) is 0 Å². The van der Waals surface area contributed by atoms with Crippen molar-refractivity contribution in [3.63, 3.8) is 0 Å². The van der Waals surface area contributed by atoms with Gasteiger partial charge in [-0.3, -0.25) is 0 Å². The number of para-hydroxylation sites is 1. The Hall–Kier alpha value is -1.42. The maximum atomic E-state index is 9.66. The first-order chi connectivity index (χ1) is 6.56. The summed E-state index contributed by atoms with van der Waals surface area (Å²) >= 11 is 0. The van der Waals surface area contributed by atoms with Gasteiger partial charge in [-0.2, -0.15) is 0 Å². The maximum Gasteiger partial charge on any atom is 0.113 e. The predicted molar refractivity (Wildman–Crippen MR) is 53.8 cm³/mol. The molecule has 0 spiro atoms. The van der Waals surface area contributed by atoms with Crippen LogP contribution in [0.3, 0.4) is 0 Å². The minimum Gasteiger partial charge on any atom is -0.389 e. The van der Waals surface area contributed by atoms with Crippen molar-refractivity contribution in [1.29, 1.82) is 0 Å². The topological polar surface area (TPSA) is 50.9 Å². The quantitative estimate of drug-likeness (QED) is 0.776. The van der Waals surface area contributed by atoms with E-state index in [1.165, 1.54) is 0 Å². The third-order valence-electron chi connectivity index (χ3n) is 1.96. The van der Waals surface area contributed by atoms with Gasteiger partial charge in [0.15, 0.2) is 0 Å². The zero-order chi connectivity index (χ0) is 10.2. The lowest BCUT2D eigenvalue weighted by Gasteiger charge is -2.16. The van der Waals surface area contributed by atoms with Gasteiger partial charge in [0.05, 0.1) is 17.7 Å². The molecule has 2 rings (SSSR count). The minimum absolute atomic E-state index is 0.452. The van der Waals surface area contributed by atoms with E-state index in [2.05, 4.69) is 10.3 Å². The van der Waals surface area contributed by atoms with E-state index in [1.807, 2.05) is 24.3 Å². The molecule has 0 fully saturated rings. The molecule has 1 N–H and O–H groups in total. The molecule has 1 aromatic heterocycles. The Morgan fingerprint density at radius 1 is 1.36 bits per heavy atom. The summed E-state index contributed by atoms with van der Waals surface area (Å²) in [7, 11) is 0. The van der Waals surface area contributed by atoms with Gasteiger partial charge in [0, 0.05) is 0 Å². The largest absolute Gasteiger partial charge is 0.389 e. The summed E-state index contributed by atoms with van der Waals surface area (Å²) in [4.78, 5) is 0. The molecule has 0 saturated heterocycles. The van der Waals surface area contributed by atoms with Crippen molar-refractivity contribution in [2.45, 2.75) is 26.0 Å². The van der Waals surface area contributed by atoms with Crippen LogP contribution < -0.4 is 0 Å².